The van der Waals surface area contributed by atoms with E-state index in [2.05, 4.69) is 5.32 Å². The summed E-state index contributed by atoms with van der Waals surface area (Å²) < 4.78 is 0. The van der Waals surface area contributed by atoms with Gasteiger partial charge in [-0.15, -0.1) is 11.3 Å². The number of para-hydroxylation sites is 1. The summed E-state index contributed by atoms with van der Waals surface area (Å²) in [7, 11) is 0. The highest BCUT2D eigenvalue weighted by Crippen LogP contribution is 2.23. The van der Waals surface area contributed by atoms with Gasteiger partial charge in [-0.2, -0.15) is 0 Å². The second-order valence-electron chi connectivity index (χ2n) is 7.26. The quantitative estimate of drug-likeness (QED) is 0.742. The van der Waals surface area contributed by atoms with Gasteiger partial charge >= 0.3 is 0 Å². The number of rotatable bonds is 6. The molecular weight excluding hydrogens is 372 g/mol. The third kappa shape index (κ3) is 5.07. The van der Waals surface area contributed by atoms with E-state index >= 15 is 0 Å². The maximum atomic E-state index is 12.5. The Balaban J connectivity index is 1.44. The van der Waals surface area contributed by atoms with Crippen LogP contribution < -0.4 is 5.32 Å². The van der Waals surface area contributed by atoms with Gasteiger partial charge in [0.2, 0.25) is 11.8 Å². The predicted molar refractivity (Wildman–Crippen MR) is 112 cm³/mol. The summed E-state index contributed by atoms with van der Waals surface area (Å²) in [6, 6.07) is 11.3. The number of thiophene rings is 1. The molecular formula is C22H26N2O3S. The average molecular weight is 399 g/mol. The van der Waals surface area contributed by atoms with Crippen LogP contribution in [0.15, 0.2) is 36.4 Å². The zero-order valence-corrected chi connectivity index (χ0v) is 17.2. The molecule has 1 saturated heterocycles. The van der Waals surface area contributed by atoms with Gasteiger partial charge in [-0.25, -0.2) is 0 Å². The van der Waals surface area contributed by atoms with Gasteiger partial charge in [0.05, 0.1) is 0 Å². The predicted octanol–water partition coefficient (Wildman–Crippen LogP) is 4.21. The van der Waals surface area contributed by atoms with Crippen LogP contribution in [-0.2, 0) is 9.59 Å². The Morgan fingerprint density at radius 3 is 2.36 bits per heavy atom. The number of hydrogen-bond acceptors (Lipinski definition) is 4. The van der Waals surface area contributed by atoms with E-state index in [9.17, 15) is 14.4 Å². The Morgan fingerprint density at radius 1 is 1.07 bits per heavy atom. The van der Waals surface area contributed by atoms with Crippen LogP contribution in [0.1, 0.15) is 45.8 Å². The molecule has 2 amide bonds. The molecule has 0 aliphatic carbocycles. The normalized spacial score (nSPS) is 14.7. The highest BCUT2D eigenvalue weighted by atomic mass is 32.1. The Kier molecular flexibility index (Phi) is 6.62. The van der Waals surface area contributed by atoms with Gasteiger partial charge in [-0.3, -0.25) is 14.4 Å². The summed E-state index contributed by atoms with van der Waals surface area (Å²) in [5.74, 6) is -0.0358. The molecule has 1 N–H and O–H groups in total. The van der Waals surface area contributed by atoms with Crippen LogP contribution in [0.4, 0.5) is 5.69 Å². The van der Waals surface area contributed by atoms with Crippen LogP contribution in [0.2, 0.25) is 0 Å². The van der Waals surface area contributed by atoms with E-state index in [1.54, 1.807) is 16.2 Å². The first kappa shape index (κ1) is 20.3. The van der Waals surface area contributed by atoms with Crippen molar-refractivity contribution in [3.8, 4) is 0 Å². The van der Waals surface area contributed by atoms with E-state index < -0.39 is 0 Å². The fraction of sp³-hybridized carbons (Fsp3) is 0.409. The van der Waals surface area contributed by atoms with Gasteiger partial charge in [0.1, 0.15) is 0 Å². The molecule has 1 aliphatic rings. The number of carbonyl (C=O) groups excluding carboxylic acids is 3. The number of ketones is 1. The van der Waals surface area contributed by atoms with Crippen molar-refractivity contribution in [2.24, 2.45) is 5.92 Å². The third-order valence-electron chi connectivity index (χ3n) is 5.17. The van der Waals surface area contributed by atoms with E-state index in [4.69, 9.17) is 0 Å². The standard InChI is InChI=1S/C22H26N2O3S/c1-15-14-19(16(2)28-15)20(25)8-9-21(26)24-12-10-17(11-13-24)22(27)23-18-6-4-3-5-7-18/h3-7,14,17H,8-13H2,1-2H3,(H,23,27). The maximum absolute atomic E-state index is 12.5. The lowest BCUT2D eigenvalue weighted by Gasteiger charge is -2.31. The summed E-state index contributed by atoms with van der Waals surface area (Å²) in [6.07, 6.45) is 1.78. The van der Waals surface area contributed by atoms with Crippen LogP contribution >= 0.6 is 11.3 Å². The molecule has 1 aromatic carbocycles. The summed E-state index contributed by atoms with van der Waals surface area (Å²) in [6.45, 7) is 5.06. The number of amides is 2. The summed E-state index contributed by atoms with van der Waals surface area (Å²) in [4.78, 5) is 41.1. The van der Waals surface area contributed by atoms with Crippen molar-refractivity contribution in [1.82, 2.24) is 4.90 Å². The first-order valence-electron chi connectivity index (χ1n) is 9.68. The second-order valence-corrected chi connectivity index (χ2v) is 8.72. The van der Waals surface area contributed by atoms with E-state index in [0.29, 0.717) is 25.9 Å². The van der Waals surface area contributed by atoms with E-state index in [0.717, 1.165) is 21.0 Å². The first-order chi connectivity index (χ1) is 13.4. The van der Waals surface area contributed by atoms with Crippen LogP contribution in [0.5, 0.6) is 0 Å². The van der Waals surface area contributed by atoms with Gasteiger partial charge in [0, 0.05) is 52.9 Å². The number of aryl methyl sites for hydroxylation is 2. The maximum Gasteiger partial charge on any atom is 0.227 e. The molecule has 0 spiro atoms. The Hall–Kier alpha value is -2.47. The lowest BCUT2D eigenvalue weighted by molar-refractivity contribution is -0.134. The van der Waals surface area contributed by atoms with Crippen molar-refractivity contribution in [3.05, 3.63) is 51.7 Å². The number of nitrogens with zero attached hydrogens (tertiary/aromatic N) is 1. The van der Waals surface area contributed by atoms with Gasteiger partial charge in [-0.05, 0) is 44.9 Å². The fourth-order valence-corrected chi connectivity index (χ4v) is 4.52. The minimum atomic E-state index is -0.0812. The van der Waals surface area contributed by atoms with Gasteiger partial charge < -0.3 is 10.2 Å². The lowest BCUT2D eigenvalue weighted by Crippen LogP contribution is -2.41. The number of Topliss-reactive ketones (excluding diaryl/α,β-unsaturated/α-hetero) is 1. The van der Waals surface area contributed by atoms with Crippen molar-refractivity contribution in [1.29, 1.82) is 0 Å². The molecule has 0 bridgehead atoms. The van der Waals surface area contributed by atoms with Crippen LogP contribution in [0.3, 0.4) is 0 Å². The molecule has 148 valence electrons. The summed E-state index contributed by atoms with van der Waals surface area (Å²) in [5.41, 5.74) is 1.54. The molecule has 1 aromatic heterocycles. The van der Waals surface area contributed by atoms with E-state index in [-0.39, 0.29) is 36.4 Å². The van der Waals surface area contributed by atoms with Crippen molar-refractivity contribution >= 4 is 34.6 Å². The second kappa shape index (κ2) is 9.15. The number of nitrogens with one attached hydrogen (secondary N) is 1. The Bertz CT molecular complexity index is 852. The van der Waals surface area contributed by atoms with E-state index in [1.807, 2.05) is 50.2 Å². The molecule has 3 rings (SSSR count). The Morgan fingerprint density at radius 2 is 1.75 bits per heavy atom. The molecule has 0 atom stereocenters. The van der Waals surface area contributed by atoms with Crippen LogP contribution in [0.25, 0.3) is 0 Å². The topological polar surface area (TPSA) is 66.5 Å². The monoisotopic (exact) mass is 398 g/mol. The average Bonchev–Trinajstić information content (AvgIpc) is 3.05. The number of benzene rings is 1. The van der Waals surface area contributed by atoms with Crippen molar-refractivity contribution in [3.63, 3.8) is 0 Å². The number of carbonyl (C=O) groups is 3. The van der Waals surface area contributed by atoms with Crippen molar-refractivity contribution < 1.29 is 14.4 Å². The minimum Gasteiger partial charge on any atom is -0.343 e. The van der Waals surface area contributed by atoms with Crippen molar-refractivity contribution in [2.75, 3.05) is 18.4 Å². The molecule has 28 heavy (non-hydrogen) atoms. The van der Waals surface area contributed by atoms with Gasteiger partial charge in [0.15, 0.2) is 5.78 Å². The Labute approximate surface area is 169 Å². The molecule has 0 unspecified atom stereocenters. The molecule has 5 nitrogen and oxygen atoms in total. The van der Waals surface area contributed by atoms with Crippen LogP contribution in [-0.4, -0.2) is 35.6 Å². The first-order valence-corrected chi connectivity index (χ1v) is 10.5. The molecule has 0 saturated carbocycles. The van der Waals surface area contributed by atoms with Gasteiger partial charge in [0.25, 0.3) is 0 Å². The van der Waals surface area contributed by atoms with Crippen molar-refractivity contribution in [2.45, 2.75) is 39.5 Å². The third-order valence-corrected chi connectivity index (χ3v) is 6.13. The highest BCUT2D eigenvalue weighted by Gasteiger charge is 2.27. The minimum absolute atomic E-state index is 0.000118. The summed E-state index contributed by atoms with van der Waals surface area (Å²) in [5, 5.41) is 2.94. The lowest BCUT2D eigenvalue weighted by atomic mass is 9.95. The molecule has 2 heterocycles. The molecule has 1 aliphatic heterocycles. The number of hydrogen-bond donors (Lipinski definition) is 1. The van der Waals surface area contributed by atoms with Crippen LogP contribution in [0, 0.1) is 19.8 Å². The zero-order chi connectivity index (χ0) is 20.1. The highest BCUT2D eigenvalue weighted by molar-refractivity contribution is 7.12. The largest absolute Gasteiger partial charge is 0.343 e. The molecule has 1 fully saturated rings. The molecule has 2 aromatic rings. The van der Waals surface area contributed by atoms with E-state index in [1.165, 1.54) is 0 Å². The SMILES string of the molecule is Cc1cc(C(=O)CCC(=O)N2CCC(C(=O)Nc3ccccc3)CC2)c(C)s1. The summed E-state index contributed by atoms with van der Waals surface area (Å²) >= 11 is 1.61. The molecule has 0 radical (unpaired) electrons. The molecule has 6 heteroatoms. The number of anilines is 1. The smallest absolute Gasteiger partial charge is 0.227 e. The van der Waals surface area contributed by atoms with Gasteiger partial charge in [-0.1, -0.05) is 18.2 Å². The number of likely N-dealkylation sites (tertiary alicyclic amines) is 1. The fourth-order valence-electron chi connectivity index (χ4n) is 3.58. The number of piperidine rings is 1. The zero-order valence-electron chi connectivity index (χ0n) is 16.4.